The molecule has 1 aromatic carbocycles. The smallest absolute Gasteiger partial charge is 0.250 e. The topological polar surface area (TPSA) is 64.9 Å². The van der Waals surface area contributed by atoms with Gasteiger partial charge in [0.2, 0.25) is 0 Å². The number of aliphatic hydroxyl groups is 1. The van der Waals surface area contributed by atoms with E-state index in [1.165, 1.54) is 17.3 Å². The number of hydrazone groups is 1. The van der Waals surface area contributed by atoms with Crippen molar-refractivity contribution >= 4 is 22.7 Å². The molecule has 0 aromatic heterocycles. The lowest BCUT2D eigenvalue weighted by Crippen LogP contribution is -2.35. The summed E-state index contributed by atoms with van der Waals surface area (Å²) >= 11 is 1.49. The van der Waals surface area contributed by atoms with Crippen molar-refractivity contribution in [3.05, 3.63) is 47.0 Å². The number of hydrogen-bond acceptors (Lipinski definition) is 5. The van der Waals surface area contributed by atoms with E-state index in [0.717, 1.165) is 35.7 Å². The molecule has 1 atom stereocenters. The number of hydrogen-bond donors (Lipinski definition) is 2. The van der Waals surface area contributed by atoms with E-state index < -0.39 is 6.10 Å². The fourth-order valence-corrected chi connectivity index (χ4v) is 3.66. The van der Waals surface area contributed by atoms with Gasteiger partial charge in [0.1, 0.15) is 5.04 Å². The van der Waals surface area contributed by atoms with E-state index in [0.29, 0.717) is 12.3 Å². The molecule has 2 aliphatic heterocycles. The maximum Gasteiger partial charge on any atom is 0.250 e. The summed E-state index contributed by atoms with van der Waals surface area (Å²) in [5.41, 5.74) is 5.85. The number of carbonyl (C=O) groups excluding carboxylic acids is 1. The van der Waals surface area contributed by atoms with Crippen molar-refractivity contribution in [2.75, 3.05) is 25.4 Å². The molecule has 1 aromatic rings. The summed E-state index contributed by atoms with van der Waals surface area (Å²) in [6.07, 6.45) is 2.58. The zero-order chi connectivity index (χ0) is 16.2. The number of β-amino-alcohol motifs (C(OH)–C–C–N with tert-alkyl or cyclic N) is 1. The van der Waals surface area contributed by atoms with Crippen molar-refractivity contribution in [2.24, 2.45) is 5.10 Å². The fraction of sp³-hybridized carbons (Fsp3) is 0.412. The number of nitrogens with zero attached hydrogens (tertiary/aromatic N) is 2. The molecule has 5 nitrogen and oxygen atoms in total. The first-order chi connectivity index (χ1) is 11.1. The van der Waals surface area contributed by atoms with Gasteiger partial charge in [0.05, 0.1) is 11.9 Å². The summed E-state index contributed by atoms with van der Waals surface area (Å²) in [4.78, 5) is 13.4. The summed E-state index contributed by atoms with van der Waals surface area (Å²) in [5.74, 6) is 0.393. The Morgan fingerprint density at radius 2 is 2.26 bits per heavy atom. The van der Waals surface area contributed by atoms with Gasteiger partial charge in [-0.05, 0) is 30.0 Å². The van der Waals surface area contributed by atoms with Gasteiger partial charge in [-0.25, -0.2) is 5.43 Å². The molecule has 0 saturated carbocycles. The van der Waals surface area contributed by atoms with Gasteiger partial charge in [-0.1, -0.05) is 42.1 Å². The molecule has 1 unspecified atom stereocenters. The highest BCUT2D eigenvalue weighted by atomic mass is 32.2. The van der Waals surface area contributed by atoms with Gasteiger partial charge in [0.25, 0.3) is 5.91 Å². The zero-order valence-corrected chi connectivity index (χ0v) is 14.0. The highest BCUT2D eigenvalue weighted by molar-refractivity contribution is 8.15. The van der Waals surface area contributed by atoms with Crippen molar-refractivity contribution in [1.29, 1.82) is 0 Å². The Morgan fingerprint density at radius 1 is 1.43 bits per heavy atom. The third-order valence-corrected chi connectivity index (χ3v) is 5.20. The van der Waals surface area contributed by atoms with Crippen LogP contribution in [0, 0.1) is 6.92 Å². The number of aryl methyl sites for hydroxylation is 1. The number of benzene rings is 1. The standard InChI is InChI=1S/C17H21N3O2S/c1-12-4-2-3-5-14(12)15(21)10-20-8-6-13(7-9-20)17-19-18-16(22)11-23-17/h2-6,15,21H,7-11H2,1H3,(H,18,22). The largest absolute Gasteiger partial charge is 0.387 e. The Balaban J connectivity index is 1.58. The third-order valence-electron chi connectivity index (χ3n) is 4.17. The highest BCUT2D eigenvalue weighted by Gasteiger charge is 2.21. The van der Waals surface area contributed by atoms with E-state index in [-0.39, 0.29) is 5.91 Å². The molecule has 0 aliphatic carbocycles. The second kappa shape index (κ2) is 7.29. The Bertz CT molecular complexity index is 657. The van der Waals surface area contributed by atoms with Crippen LogP contribution in [0.3, 0.4) is 0 Å². The average molecular weight is 331 g/mol. The number of aliphatic hydroxyl groups excluding tert-OH is 1. The molecule has 2 aliphatic rings. The molecular formula is C17H21N3O2S. The molecule has 2 N–H and O–H groups in total. The first kappa shape index (κ1) is 16.2. The van der Waals surface area contributed by atoms with Crippen molar-refractivity contribution in [1.82, 2.24) is 10.3 Å². The van der Waals surface area contributed by atoms with Gasteiger partial charge >= 0.3 is 0 Å². The predicted octanol–water partition coefficient (Wildman–Crippen LogP) is 1.84. The minimum absolute atomic E-state index is 0.0434. The lowest BCUT2D eigenvalue weighted by Gasteiger charge is -2.29. The molecule has 3 rings (SSSR count). The Labute approximate surface area is 140 Å². The van der Waals surface area contributed by atoms with Crippen LogP contribution in [0.25, 0.3) is 0 Å². The molecule has 6 heteroatoms. The maximum atomic E-state index is 11.1. The molecule has 0 saturated heterocycles. The first-order valence-electron chi connectivity index (χ1n) is 7.78. The van der Waals surface area contributed by atoms with E-state index in [9.17, 15) is 9.90 Å². The molecule has 0 bridgehead atoms. The van der Waals surface area contributed by atoms with Crippen molar-refractivity contribution in [3.63, 3.8) is 0 Å². The van der Waals surface area contributed by atoms with Gasteiger partial charge in [-0.3, -0.25) is 9.69 Å². The van der Waals surface area contributed by atoms with Gasteiger partial charge in [0, 0.05) is 19.6 Å². The summed E-state index contributed by atoms with van der Waals surface area (Å²) < 4.78 is 0. The van der Waals surface area contributed by atoms with Crippen LogP contribution in [0.4, 0.5) is 0 Å². The Morgan fingerprint density at radius 3 is 2.91 bits per heavy atom. The SMILES string of the molecule is Cc1ccccc1C(O)CN1CC=C(C2=NNC(=O)CS2)CC1. The predicted molar refractivity (Wildman–Crippen MR) is 93.3 cm³/mol. The molecule has 1 amide bonds. The highest BCUT2D eigenvalue weighted by Crippen LogP contribution is 2.23. The summed E-state index contributed by atoms with van der Waals surface area (Å²) in [5, 5.41) is 15.5. The molecule has 122 valence electrons. The summed E-state index contributed by atoms with van der Waals surface area (Å²) in [6.45, 7) is 4.35. The van der Waals surface area contributed by atoms with Gasteiger partial charge in [-0.15, -0.1) is 0 Å². The van der Waals surface area contributed by atoms with Crippen molar-refractivity contribution in [2.45, 2.75) is 19.4 Å². The molecule has 2 heterocycles. The van der Waals surface area contributed by atoms with E-state index >= 15 is 0 Å². The van der Waals surface area contributed by atoms with Crippen molar-refractivity contribution < 1.29 is 9.90 Å². The van der Waals surface area contributed by atoms with Crippen LogP contribution >= 0.6 is 11.8 Å². The van der Waals surface area contributed by atoms with Gasteiger partial charge in [-0.2, -0.15) is 5.10 Å². The number of amides is 1. The van der Waals surface area contributed by atoms with Crippen LogP contribution in [0.15, 0.2) is 41.0 Å². The van der Waals surface area contributed by atoms with E-state index in [4.69, 9.17) is 0 Å². The quantitative estimate of drug-likeness (QED) is 0.883. The molecular weight excluding hydrogens is 310 g/mol. The minimum atomic E-state index is -0.466. The average Bonchev–Trinajstić information content (AvgIpc) is 2.57. The van der Waals surface area contributed by atoms with Crippen LogP contribution in [0.5, 0.6) is 0 Å². The van der Waals surface area contributed by atoms with Crippen LogP contribution in [0.1, 0.15) is 23.7 Å². The van der Waals surface area contributed by atoms with E-state index in [2.05, 4.69) is 21.5 Å². The van der Waals surface area contributed by atoms with Crippen LogP contribution in [-0.2, 0) is 4.79 Å². The van der Waals surface area contributed by atoms with Gasteiger partial charge in [0.15, 0.2) is 0 Å². The molecule has 23 heavy (non-hydrogen) atoms. The maximum absolute atomic E-state index is 11.1. The normalized spacial score (nSPS) is 20.5. The zero-order valence-electron chi connectivity index (χ0n) is 13.2. The minimum Gasteiger partial charge on any atom is -0.387 e. The Hall–Kier alpha value is -1.63. The van der Waals surface area contributed by atoms with Crippen LogP contribution in [0.2, 0.25) is 0 Å². The van der Waals surface area contributed by atoms with Crippen LogP contribution < -0.4 is 5.43 Å². The second-order valence-corrected chi connectivity index (χ2v) is 6.82. The number of rotatable bonds is 4. The van der Waals surface area contributed by atoms with E-state index in [1.54, 1.807) is 0 Å². The van der Waals surface area contributed by atoms with Crippen molar-refractivity contribution in [3.8, 4) is 0 Å². The van der Waals surface area contributed by atoms with Crippen LogP contribution in [-0.4, -0.2) is 46.3 Å². The lowest BCUT2D eigenvalue weighted by atomic mass is 10.0. The molecule has 0 spiro atoms. The third kappa shape index (κ3) is 4.02. The molecule has 0 radical (unpaired) electrons. The monoisotopic (exact) mass is 331 g/mol. The van der Waals surface area contributed by atoms with E-state index in [1.807, 2.05) is 31.2 Å². The fourth-order valence-electron chi connectivity index (χ4n) is 2.85. The molecule has 0 fully saturated rings. The number of nitrogens with one attached hydrogen (secondary N) is 1. The summed E-state index contributed by atoms with van der Waals surface area (Å²) in [6, 6.07) is 7.97. The number of carbonyl (C=O) groups is 1. The first-order valence-corrected chi connectivity index (χ1v) is 8.76. The lowest BCUT2D eigenvalue weighted by molar-refractivity contribution is -0.118. The Kier molecular flexibility index (Phi) is 5.15. The number of thioether (sulfide) groups is 1. The van der Waals surface area contributed by atoms with Gasteiger partial charge < -0.3 is 5.11 Å². The summed E-state index contributed by atoms with van der Waals surface area (Å²) in [7, 11) is 0. The second-order valence-electron chi connectivity index (χ2n) is 5.85.